The number of ether oxygens (including phenoxy) is 1. The Balaban J connectivity index is 1.84. The van der Waals surface area contributed by atoms with Crippen molar-refractivity contribution in [2.24, 2.45) is 0 Å². The maximum absolute atomic E-state index is 11.7. The van der Waals surface area contributed by atoms with E-state index in [2.05, 4.69) is 15.3 Å². The molecule has 0 aliphatic heterocycles. The van der Waals surface area contributed by atoms with Crippen LogP contribution < -0.4 is 10.1 Å². The highest BCUT2D eigenvalue weighted by atomic mass is 35.5. The van der Waals surface area contributed by atoms with Crippen LogP contribution in [0.4, 0.5) is 0 Å². The van der Waals surface area contributed by atoms with Crippen LogP contribution in [0.1, 0.15) is 10.4 Å². The van der Waals surface area contributed by atoms with E-state index in [0.717, 1.165) is 0 Å². The number of carbonyl (C=O) groups is 1. The Morgan fingerprint density at radius 3 is 2.38 bits per heavy atom. The fourth-order valence-electron chi connectivity index (χ4n) is 1.50. The second-order valence-electron chi connectivity index (χ2n) is 3.93. The Kier molecular flexibility index (Phi) is 5.61. The molecule has 2 rings (SSSR count). The minimum absolute atomic E-state index is 0.209. The summed E-state index contributed by atoms with van der Waals surface area (Å²) in [6, 6.07) is 3.06. The third kappa shape index (κ3) is 4.46. The monoisotopic (exact) mass is 345 g/mol. The zero-order chi connectivity index (χ0) is 15.2. The molecule has 1 heterocycles. The van der Waals surface area contributed by atoms with Crippen molar-refractivity contribution in [3.8, 4) is 5.75 Å². The third-order valence-corrected chi connectivity index (χ3v) is 3.20. The highest BCUT2D eigenvalue weighted by molar-refractivity contribution is 6.40. The number of carbonyl (C=O) groups excluding carboxylic acids is 1. The first-order chi connectivity index (χ1) is 10.1. The fraction of sp³-hybridized carbons (Fsp3) is 0.154. The van der Waals surface area contributed by atoms with Gasteiger partial charge in [-0.1, -0.05) is 34.8 Å². The van der Waals surface area contributed by atoms with Crippen LogP contribution in [0, 0.1) is 0 Å². The van der Waals surface area contributed by atoms with E-state index in [1.165, 1.54) is 30.9 Å². The Morgan fingerprint density at radius 2 is 1.76 bits per heavy atom. The van der Waals surface area contributed by atoms with Gasteiger partial charge < -0.3 is 10.1 Å². The number of hydrogen-bond donors (Lipinski definition) is 1. The molecule has 0 spiro atoms. The van der Waals surface area contributed by atoms with E-state index >= 15 is 0 Å². The van der Waals surface area contributed by atoms with Gasteiger partial charge in [-0.25, -0.2) is 9.97 Å². The number of nitrogens with one attached hydrogen (secondary N) is 1. The minimum atomic E-state index is -0.285. The summed E-state index contributed by atoms with van der Waals surface area (Å²) in [6.45, 7) is 0.490. The van der Waals surface area contributed by atoms with E-state index in [1.54, 1.807) is 0 Å². The highest BCUT2D eigenvalue weighted by Gasteiger charge is 2.10. The van der Waals surface area contributed by atoms with Crippen LogP contribution in [0.2, 0.25) is 15.1 Å². The van der Waals surface area contributed by atoms with E-state index in [0.29, 0.717) is 26.4 Å². The van der Waals surface area contributed by atoms with Crippen molar-refractivity contribution in [2.75, 3.05) is 13.2 Å². The second kappa shape index (κ2) is 7.45. The second-order valence-corrected chi connectivity index (χ2v) is 5.18. The normalized spacial score (nSPS) is 10.2. The Bertz CT molecular complexity index is 615. The molecule has 21 heavy (non-hydrogen) atoms. The first-order valence-electron chi connectivity index (χ1n) is 5.88. The van der Waals surface area contributed by atoms with Gasteiger partial charge in [0.2, 0.25) is 0 Å². The van der Waals surface area contributed by atoms with Gasteiger partial charge in [0, 0.05) is 17.4 Å². The lowest BCUT2D eigenvalue weighted by atomic mass is 10.3. The molecule has 0 saturated heterocycles. The molecule has 0 fully saturated rings. The first kappa shape index (κ1) is 15.8. The lowest BCUT2D eigenvalue weighted by Crippen LogP contribution is -2.28. The largest absolute Gasteiger partial charge is 0.489 e. The van der Waals surface area contributed by atoms with Crippen molar-refractivity contribution in [3.05, 3.63) is 51.5 Å². The quantitative estimate of drug-likeness (QED) is 0.844. The molecule has 0 unspecified atom stereocenters. The molecule has 0 aliphatic carbocycles. The number of benzene rings is 1. The molecule has 110 valence electrons. The van der Waals surface area contributed by atoms with Gasteiger partial charge in [-0.15, -0.1) is 0 Å². The van der Waals surface area contributed by atoms with Gasteiger partial charge >= 0.3 is 0 Å². The number of nitrogens with zero attached hydrogens (tertiary/aromatic N) is 2. The summed E-state index contributed by atoms with van der Waals surface area (Å²) in [5, 5.41) is 3.72. The van der Waals surface area contributed by atoms with Crippen molar-refractivity contribution in [1.29, 1.82) is 0 Å². The number of halogens is 3. The smallest absolute Gasteiger partial charge is 0.254 e. The molecule has 0 bridgehead atoms. The van der Waals surface area contributed by atoms with Gasteiger partial charge in [0.15, 0.2) is 5.75 Å². The van der Waals surface area contributed by atoms with E-state index in [4.69, 9.17) is 39.5 Å². The van der Waals surface area contributed by atoms with Crippen molar-refractivity contribution in [2.45, 2.75) is 0 Å². The lowest BCUT2D eigenvalue weighted by Gasteiger charge is -2.11. The van der Waals surface area contributed by atoms with Crippen LogP contribution in [-0.4, -0.2) is 29.0 Å². The van der Waals surface area contributed by atoms with Crippen LogP contribution >= 0.6 is 34.8 Å². The summed E-state index contributed by atoms with van der Waals surface area (Å²) < 4.78 is 5.44. The van der Waals surface area contributed by atoms with Crippen molar-refractivity contribution < 1.29 is 9.53 Å². The summed E-state index contributed by atoms with van der Waals surface area (Å²) >= 11 is 17.7. The molecular weight excluding hydrogens is 337 g/mol. The summed E-state index contributed by atoms with van der Waals surface area (Å²) in [4.78, 5) is 19.2. The summed E-state index contributed by atoms with van der Waals surface area (Å²) in [5.41, 5.74) is 0.375. The molecule has 5 nitrogen and oxygen atoms in total. The molecule has 1 amide bonds. The predicted molar refractivity (Wildman–Crippen MR) is 81.3 cm³/mol. The number of hydrogen-bond acceptors (Lipinski definition) is 4. The summed E-state index contributed by atoms with van der Waals surface area (Å²) in [5.74, 6) is 0.0486. The molecule has 1 N–H and O–H groups in total. The molecular formula is C13H10Cl3N3O2. The number of rotatable bonds is 5. The average Bonchev–Trinajstić information content (AvgIpc) is 2.46. The highest BCUT2D eigenvalue weighted by Crippen LogP contribution is 2.35. The standard InChI is InChI=1S/C13H10Cl3N3O2/c14-9-3-10(15)12(11(16)4-9)21-2-1-19-13(20)8-5-17-7-18-6-8/h3-7H,1-2H2,(H,19,20). The molecule has 8 heteroatoms. The van der Waals surface area contributed by atoms with Gasteiger partial charge in [0.1, 0.15) is 12.9 Å². The average molecular weight is 347 g/mol. The van der Waals surface area contributed by atoms with Crippen LogP contribution in [0.5, 0.6) is 5.75 Å². The fourth-order valence-corrected chi connectivity index (χ4v) is 2.43. The van der Waals surface area contributed by atoms with Crippen LogP contribution in [0.25, 0.3) is 0 Å². The topological polar surface area (TPSA) is 64.1 Å². The molecule has 1 aromatic heterocycles. The molecule has 2 aromatic rings. The minimum Gasteiger partial charge on any atom is -0.489 e. The predicted octanol–water partition coefficient (Wildman–Crippen LogP) is 3.25. The first-order valence-corrected chi connectivity index (χ1v) is 7.02. The molecule has 0 atom stereocenters. The summed E-state index contributed by atoms with van der Waals surface area (Å²) in [6.07, 6.45) is 4.21. The van der Waals surface area contributed by atoms with Crippen molar-refractivity contribution >= 4 is 40.7 Å². The SMILES string of the molecule is O=C(NCCOc1c(Cl)cc(Cl)cc1Cl)c1cncnc1. The Morgan fingerprint density at radius 1 is 1.14 bits per heavy atom. The molecule has 0 saturated carbocycles. The number of aromatic nitrogens is 2. The summed E-state index contributed by atoms with van der Waals surface area (Å²) in [7, 11) is 0. The zero-order valence-electron chi connectivity index (χ0n) is 10.6. The van der Waals surface area contributed by atoms with E-state index in [9.17, 15) is 4.79 Å². The van der Waals surface area contributed by atoms with Gasteiger partial charge in [-0.2, -0.15) is 0 Å². The van der Waals surface area contributed by atoms with Crippen LogP contribution in [0.3, 0.4) is 0 Å². The van der Waals surface area contributed by atoms with E-state index in [-0.39, 0.29) is 19.1 Å². The van der Waals surface area contributed by atoms with E-state index in [1.807, 2.05) is 0 Å². The Hall–Kier alpha value is -1.56. The zero-order valence-corrected chi connectivity index (χ0v) is 12.9. The van der Waals surface area contributed by atoms with E-state index < -0.39 is 0 Å². The van der Waals surface area contributed by atoms with Gasteiger partial charge in [-0.3, -0.25) is 4.79 Å². The van der Waals surface area contributed by atoms with Crippen molar-refractivity contribution in [3.63, 3.8) is 0 Å². The molecule has 0 radical (unpaired) electrons. The maximum Gasteiger partial charge on any atom is 0.254 e. The van der Waals surface area contributed by atoms with Gasteiger partial charge in [0.05, 0.1) is 22.2 Å². The van der Waals surface area contributed by atoms with Crippen molar-refractivity contribution in [1.82, 2.24) is 15.3 Å². The van der Waals surface area contributed by atoms with Crippen LogP contribution in [0.15, 0.2) is 30.9 Å². The Labute approximate surface area is 136 Å². The van der Waals surface area contributed by atoms with Gasteiger partial charge in [-0.05, 0) is 12.1 Å². The molecule has 1 aromatic carbocycles. The third-order valence-electron chi connectivity index (χ3n) is 2.42. The molecule has 0 aliphatic rings. The maximum atomic E-state index is 11.7. The van der Waals surface area contributed by atoms with Gasteiger partial charge in [0.25, 0.3) is 5.91 Å². The lowest BCUT2D eigenvalue weighted by molar-refractivity contribution is 0.0946. The van der Waals surface area contributed by atoms with Crippen LogP contribution in [-0.2, 0) is 0 Å². The number of amides is 1.